The van der Waals surface area contributed by atoms with Crippen LogP contribution in [0, 0.1) is 17.2 Å². The van der Waals surface area contributed by atoms with Gasteiger partial charge in [-0.2, -0.15) is 5.26 Å². The molecule has 0 saturated carbocycles. The van der Waals surface area contributed by atoms with Crippen LogP contribution in [0.1, 0.15) is 4.79 Å². The fourth-order valence-electron chi connectivity index (χ4n) is 1.59. The van der Waals surface area contributed by atoms with Gasteiger partial charge in [0.15, 0.2) is 0 Å². The number of benzene rings is 1. The largest absolute Gasteiger partial charge is 0.324 e. The summed E-state index contributed by atoms with van der Waals surface area (Å²) < 4.78 is 1.22. The van der Waals surface area contributed by atoms with E-state index < -0.39 is 17.7 Å². The Morgan fingerprint density at radius 3 is 2.32 bits per heavy atom. The van der Waals surface area contributed by atoms with Gasteiger partial charge < -0.3 is 5.32 Å². The highest BCUT2D eigenvalue weighted by atomic mass is 16.2. The highest BCUT2D eigenvalue weighted by Gasteiger charge is 2.27. The number of carbonyl (C=O) groups excluding carboxylic acids is 2. The molecule has 5 heteroatoms. The molecule has 1 unspecified atom stereocenters. The lowest BCUT2D eigenvalue weighted by Crippen LogP contribution is -2.31. The van der Waals surface area contributed by atoms with Crippen molar-refractivity contribution in [3.63, 3.8) is 0 Å². The molecule has 1 heterocycles. The van der Waals surface area contributed by atoms with Crippen molar-refractivity contribution in [3.05, 3.63) is 54.9 Å². The van der Waals surface area contributed by atoms with E-state index in [0.29, 0.717) is 5.69 Å². The van der Waals surface area contributed by atoms with Crippen molar-refractivity contribution < 1.29 is 9.59 Å². The maximum absolute atomic E-state index is 11.9. The van der Waals surface area contributed by atoms with Gasteiger partial charge >= 0.3 is 0 Å². The molecule has 0 radical (unpaired) electrons. The molecule has 1 amide bonds. The quantitative estimate of drug-likeness (QED) is 0.849. The first-order chi connectivity index (χ1) is 9.22. The predicted molar refractivity (Wildman–Crippen MR) is 69.2 cm³/mol. The van der Waals surface area contributed by atoms with Gasteiger partial charge in [0, 0.05) is 18.1 Å². The highest BCUT2D eigenvalue weighted by Crippen LogP contribution is 2.09. The van der Waals surface area contributed by atoms with Gasteiger partial charge in [0.05, 0.1) is 6.07 Å². The third-order valence-corrected chi connectivity index (χ3v) is 2.54. The average molecular weight is 253 g/mol. The van der Waals surface area contributed by atoms with Gasteiger partial charge in [-0.05, 0) is 24.3 Å². The van der Waals surface area contributed by atoms with Crippen molar-refractivity contribution in [2.24, 2.45) is 5.92 Å². The van der Waals surface area contributed by atoms with Crippen LogP contribution < -0.4 is 5.32 Å². The smallest absolute Gasteiger partial charge is 0.257 e. The summed E-state index contributed by atoms with van der Waals surface area (Å²) in [6.07, 6.45) is 3.00. The molecule has 94 valence electrons. The number of para-hydroxylation sites is 1. The van der Waals surface area contributed by atoms with E-state index >= 15 is 0 Å². The minimum absolute atomic E-state index is 0.549. The van der Waals surface area contributed by atoms with Crippen LogP contribution in [-0.2, 0) is 4.79 Å². The molecule has 0 spiro atoms. The minimum Gasteiger partial charge on any atom is -0.324 e. The molecule has 0 aliphatic carbocycles. The molecule has 1 aromatic heterocycles. The molecule has 2 aromatic rings. The molecular weight excluding hydrogens is 242 g/mol. The number of nitrogens with one attached hydrogen (secondary N) is 1. The van der Waals surface area contributed by atoms with E-state index in [-0.39, 0.29) is 0 Å². The Morgan fingerprint density at radius 2 is 1.74 bits per heavy atom. The zero-order chi connectivity index (χ0) is 13.7. The SMILES string of the molecule is N#CC(C(=O)Nc1ccccc1)C(=O)n1cccc1. The van der Waals surface area contributed by atoms with Crippen LogP contribution in [-0.4, -0.2) is 16.4 Å². The molecule has 0 bridgehead atoms. The summed E-state index contributed by atoms with van der Waals surface area (Å²) in [4.78, 5) is 23.9. The van der Waals surface area contributed by atoms with Gasteiger partial charge in [-0.25, -0.2) is 0 Å². The van der Waals surface area contributed by atoms with E-state index in [1.165, 1.54) is 17.0 Å². The van der Waals surface area contributed by atoms with Crippen LogP contribution in [0.15, 0.2) is 54.9 Å². The number of hydrogen-bond acceptors (Lipinski definition) is 3. The van der Waals surface area contributed by atoms with Crippen LogP contribution in [0.5, 0.6) is 0 Å². The number of aromatic nitrogens is 1. The molecule has 0 saturated heterocycles. The van der Waals surface area contributed by atoms with Gasteiger partial charge in [-0.1, -0.05) is 18.2 Å². The maximum atomic E-state index is 11.9. The fourth-order valence-corrected chi connectivity index (χ4v) is 1.59. The lowest BCUT2D eigenvalue weighted by molar-refractivity contribution is -0.117. The molecule has 1 atom stereocenters. The number of hydrogen-bond donors (Lipinski definition) is 1. The summed E-state index contributed by atoms with van der Waals surface area (Å²) in [5.41, 5.74) is 0.549. The van der Waals surface area contributed by atoms with E-state index in [2.05, 4.69) is 5.32 Å². The maximum Gasteiger partial charge on any atom is 0.257 e. The summed E-state index contributed by atoms with van der Waals surface area (Å²) in [5.74, 6) is -2.57. The van der Waals surface area contributed by atoms with Crippen LogP contribution in [0.3, 0.4) is 0 Å². The number of amides is 1. The Balaban J connectivity index is 2.13. The number of rotatable bonds is 3. The third kappa shape index (κ3) is 2.87. The Morgan fingerprint density at radius 1 is 1.11 bits per heavy atom. The lowest BCUT2D eigenvalue weighted by atomic mass is 10.1. The van der Waals surface area contributed by atoms with E-state index in [4.69, 9.17) is 5.26 Å². The van der Waals surface area contributed by atoms with Crippen molar-refractivity contribution in [2.45, 2.75) is 0 Å². The zero-order valence-corrected chi connectivity index (χ0v) is 9.98. The predicted octanol–water partition coefficient (Wildman–Crippen LogP) is 1.91. The topological polar surface area (TPSA) is 74.9 Å². The van der Waals surface area contributed by atoms with Gasteiger partial charge in [0.2, 0.25) is 5.92 Å². The molecule has 1 N–H and O–H groups in total. The Bertz CT molecular complexity index is 612. The first-order valence-corrected chi connectivity index (χ1v) is 5.65. The van der Waals surface area contributed by atoms with Crippen molar-refractivity contribution in [2.75, 3.05) is 5.32 Å². The molecule has 1 aromatic carbocycles. The fraction of sp³-hybridized carbons (Fsp3) is 0.0714. The number of nitriles is 1. The van der Waals surface area contributed by atoms with Gasteiger partial charge in [-0.3, -0.25) is 14.2 Å². The lowest BCUT2D eigenvalue weighted by Gasteiger charge is -2.09. The normalized spacial score (nSPS) is 11.3. The monoisotopic (exact) mass is 253 g/mol. The standard InChI is InChI=1S/C14H11N3O2/c15-10-12(14(19)17-8-4-5-9-17)13(18)16-11-6-2-1-3-7-11/h1-9,12H,(H,16,18). The average Bonchev–Trinajstić information content (AvgIpc) is 2.94. The second kappa shape index (κ2) is 5.65. The Labute approximate surface area is 110 Å². The first-order valence-electron chi connectivity index (χ1n) is 5.65. The molecular formula is C14H11N3O2. The van der Waals surface area contributed by atoms with Crippen molar-refractivity contribution in [3.8, 4) is 6.07 Å². The summed E-state index contributed by atoms with van der Waals surface area (Å²) in [7, 11) is 0. The molecule has 0 aliphatic rings. The van der Waals surface area contributed by atoms with Crippen LogP contribution >= 0.6 is 0 Å². The van der Waals surface area contributed by atoms with Crippen molar-refractivity contribution in [1.29, 1.82) is 5.26 Å². The summed E-state index contributed by atoms with van der Waals surface area (Å²) in [6.45, 7) is 0. The van der Waals surface area contributed by atoms with Crippen LogP contribution in [0.2, 0.25) is 0 Å². The molecule has 0 fully saturated rings. The van der Waals surface area contributed by atoms with Crippen LogP contribution in [0.25, 0.3) is 0 Å². The van der Waals surface area contributed by atoms with E-state index in [1.807, 2.05) is 6.07 Å². The van der Waals surface area contributed by atoms with Crippen molar-refractivity contribution in [1.82, 2.24) is 4.57 Å². The van der Waals surface area contributed by atoms with Gasteiger partial charge in [0.25, 0.3) is 11.8 Å². The molecule has 5 nitrogen and oxygen atoms in total. The minimum atomic E-state index is -1.37. The number of nitrogens with zero attached hydrogens (tertiary/aromatic N) is 2. The zero-order valence-electron chi connectivity index (χ0n) is 9.98. The third-order valence-electron chi connectivity index (χ3n) is 2.54. The summed E-state index contributed by atoms with van der Waals surface area (Å²) >= 11 is 0. The number of carbonyl (C=O) groups is 2. The van der Waals surface area contributed by atoms with E-state index in [9.17, 15) is 9.59 Å². The van der Waals surface area contributed by atoms with E-state index in [1.54, 1.807) is 42.5 Å². The summed E-state index contributed by atoms with van der Waals surface area (Å²) in [6, 6.07) is 13.7. The number of anilines is 1. The van der Waals surface area contributed by atoms with E-state index in [0.717, 1.165) is 0 Å². The van der Waals surface area contributed by atoms with Crippen molar-refractivity contribution >= 4 is 17.5 Å². The molecule has 19 heavy (non-hydrogen) atoms. The second-order valence-electron chi connectivity index (χ2n) is 3.85. The van der Waals surface area contributed by atoms with Gasteiger partial charge in [-0.15, -0.1) is 0 Å². The van der Waals surface area contributed by atoms with Gasteiger partial charge in [0.1, 0.15) is 0 Å². The summed E-state index contributed by atoms with van der Waals surface area (Å²) in [5, 5.41) is 11.5. The Kier molecular flexibility index (Phi) is 3.74. The second-order valence-corrected chi connectivity index (χ2v) is 3.85. The Hall–Kier alpha value is -2.87. The molecule has 0 aliphatic heterocycles. The highest BCUT2D eigenvalue weighted by molar-refractivity contribution is 6.09. The van der Waals surface area contributed by atoms with Crippen LogP contribution in [0.4, 0.5) is 5.69 Å². The first kappa shape index (κ1) is 12.6. The molecule has 2 rings (SSSR count).